The number of hydrogen-bond acceptors (Lipinski definition) is 6. The Labute approximate surface area is 183 Å². The maximum absolute atomic E-state index is 12.8. The monoisotopic (exact) mass is 469 g/mol. The third-order valence-electron chi connectivity index (χ3n) is 5.31. The molecule has 11 heteroatoms. The fourth-order valence-electron chi connectivity index (χ4n) is 3.73. The van der Waals surface area contributed by atoms with Crippen molar-refractivity contribution in [1.82, 2.24) is 4.31 Å². The molecular formula is C21H22F3N3O4S. The molecule has 32 heavy (non-hydrogen) atoms. The number of para-hydroxylation sites is 1. The minimum atomic E-state index is -4.83. The molecule has 4 rings (SSSR count). The lowest BCUT2D eigenvalue weighted by molar-refractivity contribution is -0.274. The van der Waals surface area contributed by atoms with E-state index in [0.717, 1.165) is 42.1 Å². The van der Waals surface area contributed by atoms with Gasteiger partial charge in [-0.2, -0.15) is 4.31 Å². The number of oxime groups is 1. The second-order valence-corrected chi connectivity index (χ2v) is 9.52. The molecular weight excluding hydrogens is 447 g/mol. The second-order valence-electron chi connectivity index (χ2n) is 7.58. The van der Waals surface area contributed by atoms with Gasteiger partial charge in [0, 0.05) is 31.6 Å². The molecule has 0 spiro atoms. The standard InChI is InChI=1S/C21H22F3N3O4S/c22-21(23,24)31-18-5-7-19(8-6-18)32(28,29)27-11-9-16(10-12-27)26-30-14-17-13-15-3-1-2-4-20(15)25-17/h1-8,17,25H,9-14H2/t17-/m0/s1. The fraction of sp³-hybridized carbons (Fsp3) is 0.381. The van der Waals surface area contributed by atoms with Crippen molar-refractivity contribution in [3.63, 3.8) is 0 Å². The smallest absolute Gasteiger partial charge is 0.406 e. The molecule has 0 aromatic heterocycles. The van der Waals surface area contributed by atoms with Gasteiger partial charge in [0.15, 0.2) is 0 Å². The van der Waals surface area contributed by atoms with E-state index in [9.17, 15) is 21.6 Å². The molecule has 7 nitrogen and oxygen atoms in total. The number of halogens is 3. The zero-order valence-electron chi connectivity index (χ0n) is 17.0. The molecule has 2 heterocycles. The number of alkyl halides is 3. The predicted molar refractivity (Wildman–Crippen MR) is 112 cm³/mol. The van der Waals surface area contributed by atoms with E-state index in [1.165, 1.54) is 9.87 Å². The van der Waals surface area contributed by atoms with Crippen molar-refractivity contribution in [2.45, 2.75) is 36.6 Å². The van der Waals surface area contributed by atoms with Crippen LogP contribution in [0.15, 0.2) is 58.6 Å². The Bertz CT molecular complexity index is 1050. The van der Waals surface area contributed by atoms with Crippen LogP contribution in [0.25, 0.3) is 0 Å². The molecule has 0 bridgehead atoms. The summed E-state index contributed by atoms with van der Waals surface area (Å²) < 4.78 is 67.4. The van der Waals surface area contributed by atoms with E-state index in [-0.39, 0.29) is 24.0 Å². The van der Waals surface area contributed by atoms with Crippen LogP contribution in [0.2, 0.25) is 0 Å². The van der Waals surface area contributed by atoms with Gasteiger partial charge >= 0.3 is 6.36 Å². The molecule has 0 radical (unpaired) electrons. The largest absolute Gasteiger partial charge is 0.573 e. The number of sulfonamides is 1. The van der Waals surface area contributed by atoms with Crippen LogP contribution >= 0.6 is 0 Å². The summed E-state index contributed by atoms with van der Waals surface area (Å²) in [6.07, 6.45) is -3.12. The number of nitrogens with one attached hydrogen (secondary N) is 1. The molecule has 1 N–H and O–H groups in total. The van der Waals surface area contributed by atoms with Crippen LogP contribution in [0.1, 0.15) is 18.4 Å². The molecule has 2 aromatic carbocycles. The fourth-order valence-corrected chi connectivity index (χ4v) is 5.17. The highest BCUT2D eigenvalue weighted by atomic mass is 32.2. The first-order valence-electron chi connectivity index (χ1n) is 10.1. The molecule has 2 aliphatic heterocycles. The van der Waals surface area contributed by atoms with Crippen LogP contribution in [-0.2, 0) is 21.3 Å². The van der Waals surface area contributed by atoms with Crippen LogP contribution in [0.4, 0.5) is 18.9 Å². The average molecular weight is 469 g/mol. The van der Waals surface area contributed by atoms with Crippen molar-refractivity contribution in [1.29, 1.82) is 0 Å². The number of ether oxygens (including phenoxy) is 1. The first-order valence-corrected chi connectivity index (χ1v) is 11.5. The Morgan fingerprint density at radius 2 is 1.75 bits per heavy atom. The van der Waals surface area contributed by atoms with Crippen molar-refractivity contribution in [2.75, 3.05) is 25.0 Å². The Hall–Kier alpha value is -2.79. The highest BCUT2D eigenvalue weighted by Gasteiger charge is 2.32. The lowest BCUT2D eigenvalue weighted by atomic mass is 10.1. The predicted octanol–water partition coefficient (Wildman–Crippen LogP) is 3.78. The van der Waals surface area contributed by atoms with Gasteiger partial charge in [-0.05, 0) is 42.3 Å². The van der Waals surface area contributed by atoms with Gasteiger partial charge in [-0.25, -0.2) is 8.42 Å². The van der Waals surface area contributed by atoms with Crippen molar-refractivity contribution < 1.29 is 31.2 Å². The normalized spacial score (nSPS) is 19.2. The summed E-state index contributed by atoms with van der Waals surface area (Å²) in [4.78, 5) is 5.41. The molecule has 0 unspecified atom stereocenters. The van der Waals surface area contributed by atoms with Gasteiger partial charge in [0.1, 0.15) is 12.4 Å². The molecule has 172 valence electrons. The second kappa shape index (κ2) is 8.99. The summed E-state index contributed by atoms with van der Waals surface area (Å²) in [5.41, 5.74) is 3.12. The Balaban J connectivity index is 1.27. The van der Waals surface area contributed by atoms with Crippen LogP contribution in [0.3, 0.4) is 0 Å². The van der Waals surface area contributed by atoms with Crippen molar-refractivity contribution in [3.05, 3.63) is 54.1 Å². The van der Waals surface area contributed by atoms with E-state index in [4.69, 9.17) is 4.84 Å². The number of hydrogen-bond donors (Lipinski definition) is 1. The lowest BCUT2D eigenvalue weighted by Gasteiger charge is -2.26. The van der Waals surface area contributed by atoms with Crippen molar-refractivity contribution in [2.24, 2.45) is 5.16 Å². The van der Waals surface area contributed by atoms with Crippen LogP contribution in [-0.4, -0.2) is 50.5 Å². The third-order valence-corrected chi connectivity index (χ3v) is 7.22. The van der Waals surface area contributed by atoms with Gasteiger partial charge in [0.25, 0.3) is 0 Å². The highest BCUT2D eigenvalue weighted by molar-refractivity contribution is 7.89. The SMILES string of the molecule is O=S(=O)(c1ccc(OC(F)(F)F)cc1)N1CCC(=NOC[C@@H]2Cc3ccccc3N2)CC1. The van der Waals surface area contributed by atoms with Gasteiger partial charge in [-0.3, -0.25) is 0 Å². The minimum Gasteiger partial charge on any atom is -0.406 e. The van der Waals surface area contributed by atoms with E-state index in [2.05, 4.69) is 21.3 Å². The zero-order valence-corrected chi connectivity index (χ0v) is 17.8. The average Bonchev–Trinajstić information content (AvgIpc) is 3.16. The van der Waals surface area contributed by atoms with E-state index in [1.807, 2.05) is 18.2 Å². The zero-order chi connectivity index (χ0) is 22.8. The molecule has 0 amide bonds. The van der Waals surface area contributed by atoms with Gasteiger partial charge in [-0.1, -0.05) is 23.4 Å². The summed E-state index contributed by atoms with van der Waals surface area (Å²) in [6.45, 7) is 0.851. The topological polar surface area (TPSA) is 80.2 Å². The van der Waals surface area contributed by atoms with Crippen molar-refractivity contribution in [3.8, 4) is 5.75 Å². The summed E-state index contributed by atoms with van der Waals surface area (Å²) in [5.74, 6) is -0.471. The number of piperidine rings is 1. The first-order chi connectivity index (χ1) is 15.2. The number of anilines is 1. The van der Waals surface area contributed by atoms with Crippen molar-refractivity contribution >= 4 is 21.4 Å². The molecule has 0 aliphatic carbocycles. The van der Waals surface area contributed by atoms with Gasteiger partial charge in [0.2, 0.25) is 10.0 Å². The van der Waals surface area contributed by atoms with Crippen LogP contribution in [0.5, 0.6) is 5.75 Å². The molecule has 2 aromatic rings. The molecule has 0 saturated carbocycles. The number of fused-ring (bicyclic) bond motifs is 1. The lowest BCUT2D eigenvalue weighted by Crippen LogP contribution is -2.38. The van der Waals surface area contributed by atoms with Gasteiger partial charge in [-0.15, -0.1) is 13.2 Å². The highest BCUT2D eigenvalue weighted by Crippen LogP contribution is 2.27. The van der Waals surface area contributed by atoms with Gasteiger partial charge < -0.3 is 14.9 Å². The summed E-state index contributed by atoms with van der Waals surface area (Å²) in [6, 6.07) is 12.4. The first kappa shape index (κ1) is 22.4. The summed E-state index contributed by atoms with van der Waals surface area (Å²) in [7, 11) is -3.82. The molecule has 1 atom stereocenters. The van der Waals surface area contributed by atoms with E-state index in [1.54, 1.807) is 0 Å². The van der Waals surface area contributed by atoms with Crippen LogP contribution in [0, 0.1) is 0 Å². The summed E-state index contributed by atoms with van der Waals surface area (Å²) >= 11 is 0. The van der Waals surface area contributed by atoms with E-state index in [0.29, 0.717) is 19.4 Å². The number of benzene rings is 2. The maximum atomic E-state index is 12.8. The minimum absolute atomic E-state index is 0.0875. The quantitative estimate of drug-likeness (QED) is 0.652. The van der Waals surface area contributed by atoms with E-state index >= 15 is 0 Å². The number of nitrogens with zero attached hydrogens (tertiary/aromatic N) is 2. The Morgan fingerprint density at radius 3 is 2.41 bits per heavy atom. The maximum Gasteiger partial charge on any atom is 0.573 e. The molecule has 1 fully saturated rings. The Morgan fingerprint density at radius 1 is 1.06 bits per heavy atom. The van der Waals surface area contributed by atoms with Gasteiger partial charge in [0.05, 0.1) is 16.6 Å². The van der Waals surface area contributed by atoms with Crippen LogP contribution < -0.4 is 10.1 Å². The third kappa shape index (κ3) is 5.33. The summed E-state index contributed by atoms with van der Waals surface area (Å²) in [5, 5.41) is 7.56. The molecule has 1 saturated heterocycles. The molecule has 2 aliphatic rings. The number of rotatable bonds is 6. The Kier molecular flexibility index (Phi) is 6.29. The van der Waals surface area contributed by atoms with E-state index < -0.39 is 22.1 Å².